The van der Waals surface area contributed by atoms with Gasteiger partial charge in [-0.3, -0.25) is 18.7 Å². The fourth-order valence-corrected chi connectivity index (χ4v) is 3.37. The number of alkyl halides is 3. The van der Waals surface area contributed by atoms with Crippen LogP contribution in [0.4, 0.5) is 18.0 Å². The number of hydrogen-bond acceptors (Lipinski definition) is 6. The molecular weight excluding hydrogens is 447 g/mol. The SMILES string of the molecule is Cn1c(=O)n(CC(=O)N2CCN(C(=O)OC(C)(C)C)CC2)c(=O)c2ccc(C(F)(F)F)nc21. The minimum Gasteiger partial charge on any atom is -0.444 e. The maximum absolute atomic E-state index is 12.9. The van der Waals surface area contributed by atoms with E-state index in [2.05, 4.69) is 4.98 Å². The van der Waals surface area contributed by atoms with E-state index >= 15 is 0 Å². The van der Waals surface area contributed by atoms with Gasteiger partial charge in [-0.25, -0.2) is 14.6 Å². The summed E-state index contributed by atoms with van der Waals surface area (Å²) in [5, 5.41) is -0.215. The Morgan fingerprint density at radius 2 is 1.61 bits per heavy atom. The van der Waals surface area contributed by atoms with E-state index in [1.807, 2.05) is 0 Å². The molecule has 1 fully saturated rings. The summed E-state index contributed by atoms with van der Waals surface area (Å²) in [6.45, 7) is 5.43. The summed E-state index contributed by atoms with van der Waals surface area (Å²) in [7, 11) is 1.18. The normalized spacial score (nSPS) is 15.1. The molecule has 3 heterocycles. The molecule has 3 rings (SSSR count). The number of rotatable bonds is 2. The van der Waals surface area contributed by atoms with Crippen LogP contribution in [0.5, 0.6) is 0 Å². The Kier molecular flexibility index (Phi) is 6.27. The van der Waals surface area contributed by atoms with Gasteiger partial charge in [-0.2, -0.15) is 13.2 Å². The molecule has 180 valence electrons. The first kappa shape index (κ1) is 24.3. The van der Waals surface area contributed by atoms with Crippen LogP contribution in [-0.2, 0) is 29.3 Å². The number of amides is 2. The van der Waals surface area contributed by atoms with Crippen LogP contribution in [-0.4, -0.2) is 67.7 Å². The zero-order chi connectivity index (χ0) is 24.7. The average Bonchev–Trinajstić information content (AvgIpc) is 2.73. The average molecular weight is 471 g/mol. The number of pyridine rings is 1. The zero-order valence-electron chi connectivity index (χ0n) is 18.6. The van der Waals surface area contributed by atoms with Crippen molar-refractivity contribution in [3.8, 4) is 0 Å². The third-order valence-electron chi connectivity index (χ3n) is 5.05. The Labute approximate surface area is 186 Å². The van der Waals surface area contributed by atoms with E-state index in [0.29, 0.717) is 10.6 Å². The summed E-state index contributed by atoms with van der Waals surface area (Å²) in [5.74, 6) is -0.530. The second-order valence-corrected chi connectivity index (χ2v) is 8.65. The highest BCUT2D eigenvalue weighted by atomic mass is 19.4. The molecule has 1 saturated heterocycles. The number of halogens is 3. The molecule has 0 radical (unpaired) electrons. The third kappa shape index (κ3) is 5.17. The van der Waals surface area contributed by atoms with E-state index in [4.69, 9.17) is 4.74 Å². The molecule has 2 aromatic heterocycles. The van der Waals surface area contributed by atoms with Crippen LogP contribution < -0.4 is 11.2 Å². The van der Waals surface area contributed by atoms with E-state index in [9.17, 15) is 32.3 Å². The fraction of sp³-hybridized carbons (Fsp3) is 0.550. The van der Waals surface area contributed by atoms with E-state index in [-0.39, 0.29) is 31.6 Å². The number of piperazine rings is 1. The number of hydrogen-bond donors (Lipinski definition) is 0. The van der Waals surface area contributed by atoms with Crippen molar-refractivity contribution >= 4 is 23.0 Å². The van der Waals surface area contributed by atoms with Crippen LogP contribution >= 0.6 is 0 Å². The smallest absolute Gasteiger partial charge is 0.433 e. The van der Waals surface area contributed by atoms with Crippen molar-refractivity contribution in [2.24, 2.45) is 7.05 Å². The van der Waals surface area contributed by atoms with Gasteiger partial charge in [0.25, 0.3) is 5.56 Å². The van der Waals surface area contributed by atoms with Gasteiger partial charge in [-0.15, -0.1) is 0 Å². The predicted molar refractivity (Wildman–Crippen MR) is 111 cm³/mol. The van der Waals surface area contributed by atoms with Crippen LogP contribution in [0.3, 0.4) is 0 Å². The molecule has 0 spiro atoms. The van der Waals surface area contributed by atoms with E-state index in [1.165, 1.54) is 16.8 Å². The molecular formula is C20H24F3N5O5. The van der Waals surface area contributed by atoms with Crippen molar-refractivity contribution in [3.63, 3.8) is 0 Å². The van der Waals surface area contributed by atoms with Gasteiger partial charge >= 0.3 is 18.0 Å². The van der Waals surface area contributed by atoms with Gasteiger partial charge in [-0.1, -0.05) is 0 Å². The van der Waals surface area contributed by atoms with Gasteiger partial charge in [0.15, 0.2) is 0 Å². The van der Waals surface area contributed by atoms with Gasteiger partial charge < -0.3 is 14.5 Å². The molecule has 0 saturated carbocycles. The molecule has 2 aromatic rings. The minimum atomic E-state index is -4.74. The Balaban J connectivity index is 1.79. The number of fused-ring (bicyclic) bond motifs is 1. The molecule has 0 unspecified atom stereocenters. The molecule has 0 N–H and O–H groups in total. The molecule has 13 heteroatoms. The fourth-order valence-electron chi connectivity index (χ4n) is 3.37. The van der Waals surface area contributed by atoms with Crippen LogP contribution in [0.2, 0.25) is 0 Å². The van der Waals surface area contributed by atoms with E-state index < -0.39 is 52.9 Å². The molecule has 1 aliphatic rings. The first-order valence-electron chi connectivity index (χ1n) is 10.1. The van der Waals surface area contributed by atoms with Crippen LogP contribution in [0.25, 0.3) is 11.0 Å². The largest absolute Gasteiger partial charge is 0.444 e. The van der Waals surface area contributed by atoms with Crippen molar-refractivity contribution in [1.29, 1.82) is 0 Å². The number of aromatic nitrogens is 3. The first-order valence-corrected chi connectivity index (χ1v) is 10.1. The Morgan fingerprint density at radius 1 is 1.03 bits per heavy atom. The summed E-state index contributed by atoms with van der Waals surface area (Å²) < 4.78 is 45.6. The maximum Gasteiger partial charge on any atom is 0.433 e. The topological polar surface area (TPSA) is 107 Å². The lowest BCUT2D eigenvalue weighted by Gasteiger charge is -2.35. The lowest BCUT2D eigenvalue weighted by atomic mass is 10.2. The summed E-state index contributed by atoms with van der Waals surface area (Å²) in [6.07, 6.45) is -5.24. The standard InChI is InChI=1S/C20H24F3N5O5/c1-19(2,3)33-18(32)27-9-7-26(8-10-27)14(29)11-28-16(30)12-5-6-13(20(21,22)23)24-15(12)25(4)17(28)31/h5-6H,7-11H2,1-4H3. The summed E-state index contributed by atoms with van der Waals surface area (Å²) >= 11 is 0. The number of ether oxygens (including phenoxy) is 1. The molecule has 0 aromatic carbocycles. The highest BCUT2D eigenvalue weighted by Gasteiger charge is 2.33. The van der Waals surface area contributed by atoms with E-state index in [0.717, 1.165) is 10.6 Å². The molecule has 10 nitrogen and oxygen atoms in total. The number of carbonyl (C=O) groups is 2. The van der Waals surface area contributed by atoms with Crippen molar-refractivity contribution in [2.75, 3.05) is 26.2 Å². The van der Waals surface area contributed by atoms with Crippen molar-refractivity contribution in [3.05, 3.63) is 38.7 Å². The van der Waals surface area contributed by atoms with Crippen LogP contribution in [0.1, 0.15) is 26.5 Å². The second kappa shape index (κ2) is 8.52. The van der Waals surface area contributed by atoms with Gasteiger partial charge in [0, 0.05) is 33.2 Å². The summed E-state index contributed by atoms with van der Waals surface area (Å²) in [5.41, 5.74) is -4.18. The highest BCUT2D eigenvalue weighted by Crippen LogP contribution is 2.28. The van der Waals surface area contributed by atoms with Crippen LogP contribution in [0, 0.1) is 0 Å². The van der Waals surface area contributed by atoms with Crippen molar-refractivity contribution in [1.82, 2.24) is 23.9 Å². The molecule has 33 heavy (non-hydrogen) atoms. The third-order valence-corrected chi connectivity index (χ3v) is 5.05. The van der Waals surface area contributed by atoms with Crippen LogP contribution in [0.15, 0.2) is 21.7 Å². The quantitative estimate of drug-likeness (QED) is 0.652. The van der Waals surface area contributed by atoms with Gasteiger partial charge in [0.2, 0.25) is 5.91 Å². The maximum atomic E-state index is 12.9. The Bertz CT molecular complexity index is 1200. The highest BCUT2D eigenvalue weighted by molar-refractivity contribution is 5.78. The van der Waals surface area contributed by atoms with Gasteiger partial charge in [0.05, 0.1) is 5.39 Å². The summed E-state index contributed by atoms with van der Waals surface area (Å²) in [6, 6.07) is 1.59. The monoisotopic (exact) mass is 471 g/mol. The Hall–Kier alpha value is -3.38. The lowest BCUT2D eigenvalue weighted by molar-refractivity contribution is -0.141. The molecule has 1 aliphatic heterocycles. The van der Waals surface area contributed by atoms with Crippen molar-refractivity contribution in [2.45, 2.75) is 39.1 Å². The second-order valence-electron chi connectivity index (χ2n) is 8.65. The minimum absolute atomic E-state index is 0.178. The van der Waals surface area contributed by atoms with Gasteiger partial charge in [0.1, 0.15) is 23.5 Å². The summed E-state index contributed by atoms with van der Waals surface area (Å²) in [4.78, 5) is 56.5. The van der Waals surface area contributed by atoms with Crippen molar-refractivity contribution < 1.29 is 27.5 Å². The first-order chi connectivity index (χ1) is 15.2. The predicted octanol–water partition coefficient (Wildman–Crippen LogP) is 1.19. The number of nitrogens with zero attached hydrogens (tertiary/aromatic N) is 5. The molecule has 2 amide bonds. The molecule has 0 aliphatic carbocycles. The molecule has 0 atom stereocenters. The Morgan fingerprint density at radius 3 is 2.15 bits per heavy atom. The lowest BCUT2D eigenvalue weighted by Crippen LogP contribution is -2.53. The van der Waals surface area contributed by atoms with E-state index in [1.54, 1.807) is 20.8 Å². The number of aryl methyl sites for hydroxylation is 1. The zero-order valence-corrected chi connectivity index (χ0v) is 18.6. The number of carbonyl (C=O) groups excluding carboxylic acids is 2. The van der Waals surface area contributed by atoms with Gasteiger partial charge in [-0.05, 0) is 32.9 Å². The molecule has 0 bridgehead atoms.